The van der Waals surface area contributed by atoms with E-state index in [2.05, 4.69) is 32.4 Å². The summed E-state index contributed by atoms with van der Waals surface area (Å²) in [6.45, 7) is 7.74. The van der Waals surface area contributed by atoms with Crippen LogP contribution in [0.25, 0.3) is 11.2 Å². The van der Waals surface area contributed by atoms with Gasteiger partial charge in [-0.25, -0.2) is 9.97 Å². The number of imidazole rings is 1. The molecule has 0 spiro atoms. The summed E-state index contributed by atoms with van der Waals surface area (Å²) in [7, 11) is 0. The predicted molar refractivity (Wildman–Crippen MR) is 82.2 cm³/mol. The summed E-state index contributed by atoms with van der Waals surface area (Å²) < 4.78 is 2.21. The highest BCUT2D eigenvalue weighted by Crippen LogP contribution is 2.23. The number of fused-ring (bicyclic) bond motifs is 1. The highest BCUT2D eigenvalue weighted by molar-refractivity contribution is 6.16. The van der Waals surface area contributed by atoms with Crippen molar-refractivity contribution in [2.75, 3.05) is 19.6 Å². The molecule has 5 heteroatoms. The minimum atomic E-state index is 0.349. The number of rotatable bonds is 4. The Morgan fingerprint density at radius 2 is 2.10 bits per heavy atom. The molecule has 0 amide bonds. The molecule has 1 aliphatic rings. The molecular formula is C15H21ClN4. The second-order valence-electron chi connectivity index (χ2n) is 5.74. The van der Waals surface area contributed by atoms with Crippen LogP contribution in [0.5, 0.6) is 0 Å². The van der Waals surface area contributed by atoms with Crippen LogP contribution in [0.15, 0.2) is 12.3 Å². The van der Waals surface area contributed by atoms with Gasteiger partial charge in [0.15, 0.2) is 5.65 Å². The molecule has 0 saturated carbocycles. The van der Waals surface area contributed by atoms with Crippen molar-refractivity contribution in [2.45, 2.75) is 38.6 Å². The summed E-state index contributed by atoms with van der Waals surface area (Å²) >= 11 is 6.08. The van der Waals surface area contributed by atoms with Crippen molar-refractivity contribution < 1.29 is 0 Å². The Labute approximate surface area is 124 Å². The first-order valence-electron chi connectivity index (χ1n) is 7.31. The number of alkyl halides is 1. The fraction of sp³-hybridized carbons (Fsp3) is 0.600. The summed E-state index contributed by atoms with van der Waals surface area (Å²) in [5.74, 6) is 1.35. The number of aromatic nitrogens is 3. The molecule has 0 bridgehead atoms. The summed E-state index contributed by atoms with van der Waals surface area (Å²) in [5.41, 5.74) is 3.04. The Morgan fingerprint density at radius 1 is 1.35 bits per heavy atom. The van der Waals surface area contributed by atoms with E-state index in [9.17, 15) is 0 Å². The van der Waals surface area contributed by atoms with Gasteiger partial charge in [-0.1, -0.05) is 0 Å². The number of pyridine rings is 1. The number of aryl methyl sites for hydroxylation is 1. The van der Waals surface area contributed by atoms with E-state index in [4.69, 9.17) is 11.6 Å². The Kier molecular flexibility index (Phi) is 3.94. The van der Waals surface area contributed by atoms with Gasteiger partial charge in [0.1, 0.15) is 11.3 Å². The van der Waals surface area contributed by atoms with Crippen LogP contribution in [0.2, 0.25) is 0 Å². The van der Waals surface area contributed by atoms with E-state index in [0.717, 1.165) is 29.1 Å². The average Bonchev–Trinajstić information content (AvgIpc) is 3.04. The van der Waals surface area contributed by atoms with Crippen molar-refractivity contribution in [1.82, 2.24) is 19.4 Å². The van der Waals surface area contributed by atoms with E-state index in [-0.39, 0.29) is 0 Å². The standard InChI is InChI=1S/C15H21ClN4/c1-11-7-13-15(17-9-11)20(14(8-16)18-13)12(2)10-19-5-3-4-6-19/h7,9,12H,3-6,8,10H2,1-2H3. The monoisotopic (exact) mass is 292 g/mol. The van der Waals surface area contributed by atoms with Crippen LogP contribution >= 0.6 is 11.6 Å². The zero-order valence-corrected chi connectivity index (χ0v) is 12.9. The third kappa shape index (κ3) is 2.54. The fourth-order valence-electron chi connectivity index (χ4n) is 3.11. The largest absolute Gasteiger partial charge is 0.308 e. The highest BCUT2D eigenvalue weighted by Gasteiger charge is 2.20. The van der Waals surface area contributed by atoms with Crippen LogP contribution in [0.1, 0.15) is 37.2 Å². The highest BCUT2D eigenvalue weighted by atomic mass is 35.5. The predicted octanol–water partition coefficient (Wildman–Crippen LogP) is 3.14. The Bertz CT molecular complexity index is 601. The minimum Gasteiger partial charge on any atom is -0.308 e. The molecule has 1 atom stereocenters. The van der Waals surface area contributed by atoms with Gasteiger partial charge in [-0.05, 0) is 51.4 Å². The number of hydrogen-bond donors (Lipinski definition) is 0. The van der Waals surface area contributed by atoms with Gasteiger partial charge in [-0.15, -0.1) is 11.6 Å². The van der Waals surface area contributed by atoms with E-state index in [0.29, 0.717) is 11.9 Å². The molecule has 0 N–H and O–H groups in total. The SMILES string of the molecule is Cc1cnc2c(c1)nc(CCl)n2C(C)CN1CCCC1. The van der Waals surface area contributed by atoms with Gasteiger partial charge in [-0.2, -0.15) is 0 Å². The number of hydrogen-bond acceptors (Lipinski definition) is 3. The average molecular weight is 293 g/mol. The number of likely N-dealkylation sites (tertiary alicyclic amines) is 1. The van der Waals surface area contributed by atoms with Gasteiger partial charge in [0.2, 0.25) is 0 Å². The molecule has 3 heterocycles. The van der Waals surface area contributed by atoms with E-state index in [1.165, 1.54) is 25.9 Å². The second kappa shape index (κ2) is 5.70. The molecule has 1 saturated heterocycles. The van der Waals surface area contributed by atoms with Crippen molar-refractivity contribution in [3.63, 3.8) is 0 Å². The molecule has 0 aliphatic carbocycles. The lowest BCUT2D eigenvalue weighted by atomic mass is 10.3. The molecule has 3 rings (SSSR count). The lowest BCUT2D eigenvalue weighted by Crippen LogP contribution is -2.27. The molecule has 1 aliphatic heterocycles. The molecule has 20 heavy (non-hydrogen) atoms. The van der Waals surface area contributed by atoms with Crippen LogP contribution in [0.3, 0.4) is 0 Å². The third-order valence-electron chi connectivity index (χ3n) is 4.02. The normalized spacial score (nSPS) is 17.9. The van der Waals surface area contributed by atoms with Gasteiger partial charge in [0, 0.05) is 18.8 Å². The maximum absolute atomic E-state index is 6.08. The summed E-state index contributed by atoms with van der Waals surface area (Å²) in [6, 6.07) is 2.43. The maximum Gasteiger partial charge on any atom is 0.160 e. The smallest absolute Gasteiger partial charge is 0.160 e. The Morgan fingerprint density at radius 3 is 2.80 bits per heavy atom. The van der Waals surface area contributed by atoms with E-state index in [1.54, 1.807) is 0 Å². The first-order chi connectivity index (χ1) is 9.69. The zero-order chi connectivity index (χ0) is 14.1. The third-order valence-corrected chi connectivity index (χ3v) is 4.26. The van der Waals surface area contributed by atoms with Gasteiger partial charge in [0.05, 0.1) is 5.88 Å². The van der Waals surface area contributed by atoms with Gasteiger partial charge in [-0.3, -0.25) is 0 Å². The van der Waals surface area contributed by atoms with Crippen molar-refractivity contribution in [2.24, 2.45) is 0 Å². The van der Waals surface area contributed by atoms with Crippen LogP contribution in [0.4, 0.5) is 0 Å². The lowest BCUT2D eigenvalue weighted by Gasteiger charge is -2.22. The van der Waals surface area contributed by atoms with E-state index in [1.807, 2.05) is 13.1 Å². The van der Waals surface area contributed by atoms with E-state index < -0.39 is 0 Å². The summed E-state index contributed by atoms with van der Waals surface area (Å²) in [6.07, 6.45) is 4.54. The molecule has 108 valence electrons. The van der Waals surface area contributed by atoms with Crippen LogP contribution in [-0.4, -0.2) is 39.1 Å². The Hall–Kier alpha value is -1.13. The van der Waals surface area contributed by atoms with Crippen LogP contribution < -0.4 is 0 Å². The van der Waals surface area contributed by atoms with Crippen molar-refractivity contribution >= 4 is 22.8 Å². The van der Waals surface area contributed by atoms with Gasteiger partial charge < -0.3 is 9.47 Å². The first kappa shape index (κ1) is 13.8. The quantitative estimate of drug-likeness (QED) is 0.812. The molecule has 0 aromatic carbocycles. The second-order valence-corrected chi connectivity index (χ2v) is 6.01. The lowest BCUT2D eigenvalue weighted by molar-refractivity contribution is 0.288. The van der Waals surface area contributed by atoms with Crippen molar-refractivity contribution in [3.8, 4) is 0 Å². The molecule has 1 unspecified atom stereocenters. The van der Waals surface area contributed by atoms with Gasteiger partial charge in [0.25, 0.3) is 0 Å². The maximum atomic E-state index is 6.08. The molecule has 0 radical (unpaired) electrons. The minimum absolute atomic E-state index is 0.349. The number of nitrogens with zero attached hydrogens (tertiary/aromatic N) is 4. The van der Waals surface area contributed by atoms with Crippen molar-refractivity contribution in [3.05, 3.63) is 23.7 Å². The van der Waals surface area contributed by atoms with Gasteiger partial charge >= 0.3 is 0 Å². The number of halogens is 1. The fourth-order valence-corrected chi connectivity index (χ4v) is 3.30. The van der Waals surface area contributed by atoms with Crippen molar-refractivity contribution in [1.29, 1.82) is 0 Å². The molecule has 2 aromatic heterocycles. The topological polar surface area (TPSA) is 34.0 Å². The zero-order valence-electron chi connectivity index (χ0n) is 12.1. The van der Waals surface area contributed by atoms with Crippen LogP contribution in [-0.2, 0) is 5.88 Å². The molecule has 1 fully saturated rings. The van der Waals surface area contributed by atoms with E-state index >= 15 is 0 Å². The molecular weight excluding hydrogens is 272 g/mol. The first-order valence-corrected chi connectivity index (χ1v) is 7.84. The molecule has 2 aromatic rings. The Balaban J connectivity index is 1.95. The summed E-state index contributed by atoms with van der Waals surface area (Å²) in [5, 5.41) is 0. The summed E-state index contributed by atoms with van der Waals surface area (Å²) in [4.78, 5) is 11.7. The molecule has 4 nitrogen and oxygen atoms in total. The van der Waals surface area contributed by atoms with Crippen LogP contribution in [0, 0.1) is 6.92 Å².